The fraction of sp³-hybridized carbons (Fsp3) is 0.500. The molecule has 1 atom stereocenters. The van der Waals surface area contributed by atoms with E-state index in [9.17, 15) is 0 Å². The van der Waals surface area contributed by atoms with Crippen LogP contribution in [0, 0.1) is 11.8 Å². The van der Waals surface area contributed by atoms with Crippen molar-refractivity contribution >= 4 is 11.6 Å². The molecule has 0 bridgehead atoms. The van der Waals surface area contributed by atoms with Gasteiger partial charge in [-0.3, -0.25) is 0 Å². The predicted octanol–water partition coefficient (Wildman–Crippen LogP) is 3.94. The normalized spacial score (nSPS) is 12.8. The van der Waals surface area contributed by atoms with Gasteiger partial charge in [0.2, 0.25) is 11.7 Å². The fourth-order valence-electron chi connectivity index (χ4n) is 2.41. The lowest BCUT2D eigenvalue weighted by molar-refractivity contribution is 0.313. The average molecular weight is 308 g/mol. The Morgan fingerprint density at radius 1 is 1.19 bits per heavy atom. The Labute approximate surface area is 130 Å². The Bertz CT molecular complexity index is 551. The maximum Gasteiger partial charge on any atom is 0.226 e. The predicted molar refractivity (Wildman–Crippen MR) is 85.1 cm³/mol. The van der Waals surface area contributed by atoms with Gasteiger partial charge < -0.3 is 10.3 Å². The molecule has 0 spiro atoms. The van der Waals surface area contributed by atoms with Crippen molar-refractivity contribution < 1.29 is 4.52 Å². The van der Waals surface area contributed by atoms with E-state index in [2.05, 4.69) is 24.0 Å². The van der Waals surface area contributed by atoms with E-state index < -0.39 is 0 Å². The molecule has 0 aliphatic carbocycles. The zero-order valence-corrected chi connectivity index (χ0v) is 13.3. The molecule has 0 aliphatic rings. The molecule has 1 unspecified atom stereocenters. The van der Waals surface area contributed by atoms with Crippen LogP contribution in [0.25, 0.3) is 11.4 Å². The fourth-order valence-corrected chi connectivity index (χ4v) is 2.53. The van der Waals surface area contributed by atoms with Crippen molar-refractivity contribution in [2.24, 2.45) is 17.6 Å². The molecular formula is C16H22ClN3O. The van der Waals surface area contributed by atoms with Crippen molar-refractivity contribution in [3.05, 3.63) is 35.2 Å². The zero-order valence-electron chi connectivity index (χ0n) is 12.6. The molecule has 1 aromatic heterocycles. The molecule has 2 aromatic rings. The first-order chi connectivity index (χ1) is 10.1. The van der Waals surface area contributed by atoms with Crippen LogP contribution in [0.1, 0.15) is 32.6 Å². The summed E-state index contributed by atoms with van der Waals surface area (Å²) in [5.74, 6) is 2.51. The van der Waals surface area contributed by atoms with E-state index in [1.54, 1.807) is 0 Å². The third kappa shape index (κ3) is 4.55. The van der Waals surface area contributed by atoms with Crippen LogP contribution in [0.15, 0.2) is 28.8 Å². The third-order valence-electron chi connectivity index (χ3n) is 3.78. The molecule has 1 heterocycles. The molecule has 0 radical (unpaired) electrons. The molecule has 1 aromatic carbocycles. The van der Waals surface area contributed by atoms with Crippen LogP contribution in [0.2, 0.25) is 5.02 Å². The van der Waals surface area contributed by atoms with Crippen LogP contribution in [0.4, 0.5) is 0 Å². The van der Waals surface area contributed by atoms with Crippen molar-refractivity contribution in [2.45, 2.75) is 33.1 Å². The monoisotopic (exact) mass is 307 g/mol. The van der Waals surface area contributed by atoms with Gasteiger partial charge in [-0.2, -0.15) is 4.98 Å². The highest BCUT2D eigenvalue weighted by molar-refractivity contribution is 6.30. The summed E-state index contributed by atoms with van der Waals surface area (Å²) in [7, 11) is 0. The second-order valence-corrected chi connectivity index (χ2v) is 6.08. The van der Waals surface area contributed by atoms with E-state index in [4.69, 9.17) is 21.9 Å². The Morgan fingerprint density at radius 2 is 1.90 bits per heavy atom. The number of rotatable bonds is 7. The summed E-state index contributed by atoms with van der Waals surface area (Å²) in [4.78, 5) is 4.45. The van der Waals surface area contributed by atoms with Crippen LogP contribution >= 0.6 is 11.6 Å². The van der Waals surface area contributed by atoms with Crippen LogP contribution < -0.4 is 5.73 Å². The van der Waals surface area contributed by atoms with Gasteiger partial charge in [0.15, 0.2) is 0 Å². The molecule has 21 heavy (non-hydrogen) atoms. The molecule has 5 heteroatoms. The molecule has 4 nitrogen and oxygen atoms in total. The quantitative estimate of drug-likeness (QED) is 0.841. The standard InChI is InChI=1S/C16H22ClN3O/c1-11(2)12(9-10-18)5-8-15-19-16(20-21-15)13-3-6-14(17)7-4-13/h3-4,6-7,11-12H,5,8-10,18H2,1-2H3. The molecule has 0 fully saturated rings. The first kappa shape index (κ1) is 16.0. The lowest BCUT2D eigenvalue weighted by Gasteiger charge is -2.18. The maximum absolute atomic E-state index is 5.87. The zero-order chi connectivity index (χ0) is 15.2. The van der Waals surface area contributed by atoms with Crippen molar-refractivity contribution in [3.63, 3.8) is 0 Å². The van der Waals surface area contributed by atoms with E-state index in [0.717, 1.165) is 31.4 Å². The summed E-state index contributed by atoms with van der Waals surface area (Å²) in [5, 5.41) is 4.73. The van der Waals surface area contributed by atoms with Gasteiger partial charge in [0.25, 0.3) is 0 Å². The lowest BCUT2D eigenvalue weighted by Crippen LogP contribution is -2.15. The Kier molecular flexibility index (Phi) is 5.76. The van der Waals surface area contributed by atoms with Gasteiger partial charge in [-0.05, 0) is 55.5 Å². The van der Waals surface area contributed by atoms with Crippen molar-refractivity contribution in [3.8, 4) is 11.4 Å². The highest BCUT2D eigenvalue weighted by atomic mass is 35.5. The molecule has 2 rings (SSSR count). The van der Waals surface area contributed by atoms with Crippen molar-refractivity contribution in [2.75, 3.05) is 6.54 Å². The van der Waals surface area contributed by atoms with Crippen LogP contribution in [0.5, 0.6) is 0 Å². The van der Waals surface area contributed by atoms with E-state index in [1.165, 1.54) is 0 Å². The average Bonchev–Trinajstić information content (AvgIpc) is 2.92. The molecule has 114 valence electrons. The molecular weight excluding hydrogens is 286 g/mol. The topological polar surface area (TPSA) is 64.9 Å². The minimum atomic E-state index is 0.598. The number of nitrogens with zero attached hydrogens (tertiary/aromatic N) is 2. The van der Waals surface area contributed by atoms with Crippen molar-refractivity contribution in [1.82, 2.24) is 10.1 Å². The highest BCUT2D eigenvalue weighted by Crippen LogP contribution is 2.22. The van der Waals surface area contributed by atoms with E-state index in [0.29, 0.717) is 28.6 Å². The first-order valence-corrected chi connectivity index (χ1v) is 7.76. The smallest absolute Gasteiger partial charge is 0.226 e. The second-order valence-electron chi connectivity index (χ2n) is 5.64. The maximum atomic E-state index is 5.87. The summed E-state index contributed by atoms with van der Waals surface area (Å²) >= 11 is 5.87. The van der Waals surface area contributed by atoms with E-state index in [1.807, 2.05) is 24.3 Å². The summed E-state index contributed by atoms with van der Waals surface area (Å²) < 4.78 is 5.33. The molecule has 0 aliphatic heterocycles. The van der Waals surface area contributed by atoms with Crippen molar-refractivity contribution in [1.29, 1.82) is 0 Å². The summed E-state index contributed by atoms with van der Waals surface area (Å²) in [6.07, 6.45) is 2.86. The van der Waals surface area contributed by atoms with Gasteiger partial charge in [-0.15, -0.1) is 0 Å². The van der Waals surface area contributed by atoms with E-state index >= 15 is 0 Å². The van der Waals surface area contributed by atoms with Gasteiger partial charge in [0, 0.05) is 17.0 Å². The molecule has 2 N–H and O–H groups in total. The van der Waals surface area contributed by atoms with Gasteiger partial charge >= 0.3 is 0 Å². The number of hydrogen-bond donors (Lipinski definition) is 1. The van der Waals surface area contributed by atoms with Crippen LogP contribution in [-0.4, -0.2) is 16.7 Å². The van der Waals surface area contributed by atoms with Gasteiger partial charge in [-0.1, -0.05) is 30.6 Å². The van der Waals surface area contributed by atoms with Gasteiger partial charge in [0.1, 0.15) is 0 Å². The largest absolute Gasteiger partial charge is 0.339 e. The first-order valence-electron chi connectivity index (χ1n) is 7.38. The van der Waals surface area contributed by atoms with Gasteiger partial charge in [0.05, 0.1) is 0 Å². The minimum Gasteiger partial charge on any atom is -0.339 e. The summed E-state index contributed by atoms with van der Waals surface area (Å²) in [6, 6.07) is 7.43. The summed E-state index contributed by atoms with van der Waals surface area (Å²) in [5.41, 5.74) is 6.58. The Hall–Kier alpha value is -1.39. The molecule has 0 saturated carbocycles. The number of benzene rings is 1. The van der Waals surface area contributed by atoms with Gasteiger partial charge in [-0.25, -0.2) is 0 Å². The molecule has 0 amide bonds. The Morgan fingerprint density at radius 3 is 2.52 bits per heavy atom. The molecule has 0 saturated heterocycles. The third-order valence-corrected chi connectivity index (χ3v) is 4.03. The number of nitrogens with two attached hydrogens (primary N) is 1. The number of aryl methyl sites for hydroxylation is 1. The van der Waals surface area contributed by atoms with Crippen LogP contribution in [-0.2, 0) is 6.42 Å². The lowest BCUT2D eigenvalue weighted by atomic mass is 9.88. The number of hydrogen-bond acceptors (Lipinski definition) is 4. The minimum absolute atomic E-state index is 0.598. The Balaban J connectivity index is 1.98. The number of aromatic nitrogens is 2. The summed E-state index contributed by atoms with van der Waals surface area (Å²) in [6.45, 7) is 5.18. The SMILES string of the molecule is CC(C)C(CCN)CCc1nc(-c2ccc(Cl)cc2)no1. The van der Waals surface area contributed by atoms with Crippen LogP contribution in [0.3, 0.4) is 0 Å². The number of halogens is 1. The second kappa shape index (κ2) is 7.57. The highest BCUT2D eigenvalue weighted by Gasteiger charge is 2.15. The van der Waals surface area contributed by atoms with E-state index in [-0.39, 0.29) is 0 Å².